The van der Waals surface area contributed by atoms with Crippen LogP contribution in [0.2, 0.25) is 5.02 Å². The molecule has 2 rings (SSSR count). The molecule has 0 aromatic heterocycles. The van der Waals surface area contributed by atoms with E-state index in [1.807, 2.05) is 39.0 Å². The fourth-order valence-electron chi connectivity index (χ4n) is 2.62. The number of aryl methyl sites for hydroxylation is 3. The average Bonchev–Trinajstić information content (AvgIpc) is 2.49. The van der Waals surface area contributed by atoms with Crippen LogP contribution in [0.25, 0.3) is 0 Å². The third-order valence-electron chi connectivity index (χ3n) is 3.88. The van der Waals surface area contributed by atoms with Crippen LogP contribution in [0, 0.1) is 20.8 Å². The van der Waals surface area contributed by atoms with E-state index in [1.54, 1.807) is 18.2 Å². The van der Waals surface area contributed by atoms with Gasteiger partial charge in [0.1, 0.15) is 6.54 Å². The maximum atomic E-state index is 12.5. The molecule has 0 saturated heterocycles. The van der Waals surface area contributed by atoms with E-state index in [0.717, 1.165) is 22.4 Å². The van der Waals surface area contributed by atoms with Crippen LogP contribution in [0.4, 0.5) is 11.4 Å². The number of halogens is 1. The predicted molar refractivity (Wildman–Crippen MR) is 98.8 cm³/mol. The van der Waals surface area contributed by atoms with Gasteiger partial charge in [-0.1, -0.05) is 29.8 Å². The summed E-state index contributed by atoms with van der Waals surface area (Å²) in [5.74, 6) is -0.436. The topological polar surface area (TPSA) is 49.4 Å². The minimum atomic E-state index is -0.239. The predicted octanol–water partition coefficient (Wildman–Crippen LogP) is 4.26. The van der Waals surface area contributed by atoms with Crippen LogP contribution in [0.5, 0.6) is 0 Å². The second-order valence-electron chi connectivity index (χ2n) is 5.85. The number of amides is 2. The summed E-state index contributed by atoms with van der Waals surface area (Å²) in [4.78, 5) is 25.9. The van der Waals surface area contributed by atoms with E-state index in [4.69, 9.17) is 11.6 Å². The Bertz CT molecular complexity index is 767. The van der Waals surface area contributed by atoms with Gasteiger partial charge < -0.3 is 10.2 Å². The lowest BCUT2D eigenvalue weighted by molar-refractivity contribution is -0.120. The number of carbonyl (C=O) groups is 2. The molecule has 0 radical (unpaired) electrons. The zero-order valence-electron chi connectivity index (χ0n) is 14.3. The van der Waals surface area contributed by atoms with Gasteiger partial charge in [-0.2, -0.15) is 0 Å². The number of rotatable bonds is 4. The minimum absolute atomic E-state index is 0.0500. The van der Waals surface area contributed by atoms with Gasteiger partial charge in [-0.15, -0.1) is 0 Å². The monoisotopic (exact) mass is 344 g/mol. The fraction of sp³-hybridized carbons (Fsp3) is 0.263. The Labute approximate surface area is 147 Å². The van der Waals surface area contributed by atoms with Gasteiger partial charge in [-0.25, -0.2) is 0 Å². The van der Waals surface area contributed by atoms with Crippen molar-refractivity contribution in [2.24, 2.45) is 0 Å². The largest absolute Gasteiger partial charge is 0.324 e. The number of anilines is 2. The van der Waals surface area contributed by atoms with E-state index in [2.05, 4.69) is 5.32 Å². The summed E-state index contributed by atoms with van der Waals surface area (Å²) in [5, 5.41) is 3.50. The number of benzene rings is 2. The molecule has 0 aliphatic rings. The summed E-state index contributed by atoms with van der Waals surface area (Å²) in [5.41, 5.74) is 4.29. The Kier molecular flexibility index (Phi) is 5.62. The normalized spacial score (nSPS) is 10.4. The second kappa shape index (κ2) is 7.49. The highest BCUT2D eigenvalue weighted by atomic mass is 35.5. The molecule has 2 aromatic rings. The van der Waals surface area contributed by atoms with Gasteiger partial charge in [0.15, 0.2) is 0 Å². The molecule has 5 heteroatoms. The molecule has 0 unspecified atom stereocenters. The van der Waals surface area contributed by atoms with E-state index in [9.17, 15) is 9.59 Å². The Morgan fingerprint density at radius 3 is 2.21 bits per heavy atom. The van der Waals surface area contributed by atoms with Crippen LogP contribution in [-0.2, 0) is 9.59 Å². The quantitative estimate of drug-likeness (QED) is 0.901. The van der Waals surface area contributed by atoms with Crippen LogP contribution in [0.3, 0.4) is 0 Å². The molecule has 0 bridgehead atoms. The highest BCUT2D eigenvalue weighted by Crippen LogP contribution is 2.24. The molecule has 4 nitrogen and oxygen atoms in total. The number of carbonyl (C=O) groups excluding carboxylic acids is 2. The molecule has 0 spiro atoms. The Morgan fingerprint density at radius 1 is 1.04 bits per heavy atom. The van der Waals surface area contributed by atoms with Gasteiger partial charge in [-0.05, 0) is 55.7 Å². The van der Waals surface area contributed by atoms with Crippen molar-refractivity contribution in [3.05, 3.63) is 58.1 Å². The summed E-state index contributed by atoms with van der Waals surface area (Å²) in [7, 11) is 0. The van der Waals surface area contributed by atoms with Crippen molar-refractivity contribution >= 4 is 34.8 Å². The standard InChI is InChI=1S/C19H21ClN2O2/c1-12-6-5-7-13(2)19(12)21-18(24)11-22(15(4)23)17-9-8-16(20)10-14(17)3/h5-10H,11H2,1-4H3,(H,21,24). The van der Waals surface area contributed by atoms with Crippen molar-refractivity contribution in [3.63, 3.8) is 0 Å². The molecule has 0 aliphatic heterocycles. The van der Waals surface area contributed by atoms with Gasteiger partial charge in [-0.3, -0.25) is 9.59 Å². The molecular formula is C19H21ClN2O2. The first kappa shape index (κ1) is 18.0. The number of hydrogen-bond donors (Lipinski definition) is 1. The first-order valence-electron chi connectivity index (χ1n) is 7.70. The molecule has 24 heavy (non-hydrogen) atoms. The smallest absolute Gasteiger partial charge is 0.244 e. The molecule has 0 fully saturated rings. The van der Waals surface area contributed by atoms with Crippen molar-refractivity contribution in [1.82, 2.24) is 0 Å². The Balaban J connectivity index is 2.22. The zero-order chi connectivity index (χ0) is 17.9. The lowest BCUT2D eigenvalue weighted by atomic mass is 10.1. The van der Waals surface area contributed by atoms with Crippen LogP contribution >= 0.6 is 11.6 Å². The van der Waals surface area contributed by atoms with Gasteiger partial charge in [0, 0.05) is 23.3 Å². The molecular weight excluding hydrogens is 324 g/mol. The van der Waals surface area contributed by atoms with Crippen molar-refractivity contribution in [2.75, 3.05) is 16.8 Å². The summed E-state index contributed by atoms with van der Waals surface area (Å²) in [6, 6.07) is 11.1. The first-order valence-corrected chi connectivity index (χ1v) is 8.07. The van der Waals surface area contributed by atoms with Crippen molar-refractivity contribution < 1.29 is 9.59 Å². The van der Waals surface area contributed by atoms with Crippen molar-refractivity contribution in [3.8, 4) is 0 Å². The lowest BCUT2D eigenvalue weighted by Gasteiger charge is -2.23. The molecule has 1 N–H and O–H groups in total. The first-order chi connectivity index (χ1) is 11.3. The van der Waals surface area contributed by atoms with Crippen molar-refractivity contribution in [2.45, 2.75) is 27.7 Å². The van der Waals surface area contributed by atoms with Crippen LogP contribution in [-0.4, -0.2) is 18.4 Å². The van der Waals surface area contributed by atoms with Crippen molar-refractivity contribution in [1.29, 1.82) is 0 Å². The molecule has 0 heterocycles. The molecule has 0 aliphatic carbocycles. The highest BCUT2D eigenvalue weighted by molar-refractivity contribution is 6.30. The summed E-state index contributed by atoms with van der Waals surface area (Å²) >= 11 is 5.97. The third-order valence-corrected chi connectivity index (χ3v) is 4.11. The minimum Gasteiger partial charge on any atom is -0.324 e. The highest BCUT2D eigenvalue weighted by Gasteiger charge is 2.18. The SMILES string of the molecule is CC(=O)N(CC(=O)Nc1c(C)cccc1C)c1ccc(Cl)cc1C. The van der Waals surface area contributed by atoms with Gasteiger partial charge in [0.05, 0.1) is 0 Å². The van der Waals surface area contributed by atoms with E-state index in [-0.39, 0.29) is 18.4 Å². The lowest BCUT2D eigenvalue weighted by Crippen LogP contribution is -2.37. The van der Waals surface area contributed by atoms with E-state index in [0.29, 0.717) is 10.7 Å². The van der Waals surface area contributed by atoms with E-state index < -0.39 is 0 Å². The maximum absolute atomic E-state index is 12.5. The van der Waals surface area contributed by atoms with Gasteiger partial charge >= 0.3 is 0 Å². The molecule has 2 aromatic carbocycles. The maximum Gasteiger partial charge on any atom is 0.244 e. The number of nitrogens with one attached hydrogen (secondary N) is 1. The summed E-state index contributed by atoms with van der Waals surface area (Å²) in [6.45, 7) is 7.13. The van der Waals surface area contributed by atoms with Crippen LogP contribution < -0.4 is 10.2 Å². The second-order valence-corrected chi connectivity index (χ2v) is 6.29. The van der Waals surface area contributed by atoms with Gasteiger partial charge in [0.2, 0.25) is 11.8 Å². The number of hydrogen-bond acceptors (Lipinski definition) is 2. The van der Waals surface area contributed by atoms with E-state index in [1.165, 1.54) is 11.8 Å². The van der Waals surface area contributed by atoms with Crippen LogP contribution in [0.1, 0.15) is 23.6 Å². The summed E-state index contributed by atoms with van der Waals surface area (Å²) in [6.07, 6.45) is 0. The summed E-state index contributed by atoms with van der Waals surface area (Å²) < 4.78 is 0. The van der Waals surface area contributed by atoms with Gasteiger partial charge in [0.25, 0.3) is 0 Å². The number of nitrogens with zero attached hydrogens (tertiary/aromatic N) is 1. The third kappa shape index (κ3) is 4.15. The molecule has 0 saturated carbocycles. The Hall–Kier alpha value is -2.33. The molecule has 126 valence electrons. The fourth-order valence-corrected chi connectivity index (χ4v) is 2.85. The number of para-hydroxylation sites is 1. The average molecular weight is 345 g/mol. The Morgan fingerprint density at radius 2 is 1.67 bits per heavy atom. The van der Waals surface area contributed by atoms with E-state index >= 15 is 0 Å². The molecule has 0 atom stereocenters. The zero-order valence-corrected chi connectivity index (χ0v) is 15.1. The molecule has 2 amide bonds. The van der Waals surface area contributed by atoms with Crippen LogP contribution in [0.15, 0.2) is 36.4 Å².